The molecule has 2 heterocycles. The number of amides is 1. The number of benzene rings is 1. The number of pyridine rings is 1. The van der Waals surface area contributed by atoms with Crippen molar-refractivity contribution < 1.29 is 19.4 Å². The Morgan fingerprint density at radius 1 is 1.22 bits per heavy atom. The molecule has 1 aromatic heterocycles. The minimum absolute atomic E-state index is 0.0291. The van der Waals surface area contributed by atoms with Crippen LogP contribution in [0.3, 0.4) is 0 Å². The van der Waals surface area contributed by atoms with E-state index in [1.54, 1.807) is 19.2 Å². The Kier molecular flexibility index (Phi) is 11.5. The fourth-order valence-electron chi connectivity index (χ4n) is 4.33. The molecule has 1 saturated heterocycles. The molecule has 8 heteroatoms. The van der Waals surface area contributed by atoms with Gasteiger partial charge in [-0.05, 0) is 31.4 Å². The summed E-state index contributed by atoms with van der Waals surface area (Å²) in [6.07, 6.45) is 3.40. The molecule has 0 radical (unpaired) electrons. The highest BCUT2D eigenvalue weighted by atomic mass is 16.5. The number of hydrogen-bond donors (Lipinski definition) is 1. The number of ether oxygens (including phenoxy) is 1. The second-order valence-corrected chi connectivity index (χ2v) is 8.54. The van der Waals surface area contributed by atoms with Gasteiger partial charge in [-0.3, -0.25) is 9.59 Å². The number of aldehydes is 1. The molecule has 0 bridgehead atoms. The summed E-state index contributed by atoms with van der Waals surface area (Å²) in [5.41, 5.74) is 4.11. The molecule has 1 atom stereocenters. The molecule has 1 unspecified atom stereocenters. The molecule has 1 N–H and O–H groups in total. The fourth-order valence-corrected chi connectivity index (χ4v) is 4.33. The zero-order chi connectivity index (χ0) is 26.7. The highest BCUT2D eigenvalue weighted by Crippen LogP contribution is 2.45. The summed E-state index contributed by atoms with van der Waals surface area (Å²) in [5.74, 6) is 1.20. The third-order valence-corrected chi connectivity index (χ3v) is 6.24. The van der Waals surface area contributed by atoms with Crippen LogP contribution in [0.15, 0.2) is 30.3 Å². The van der Waals surface area contributed by atoms with Gasteiger partial charge in [0.15, 0.2) is 0 Å². The molecule has 1 aliphatic carbocycles. The van der Waals surface area contributed by atoms with E-state index in [1.807, 2.05) is 43.9 Å². The van der Waals surface area contributed by atoms with Gasteiger partial charge in [-0.15, -0.1) is 0 Å². The molecule has 2 fully saturated rings. The van der Waals surface area contributed by atoms with E-state index in [-0.39, 0.29) is 11.9 Å². The molecule has 0 spiro atoms. The Bertz CT molecular complexity index is 1040. The molecule has 1 aromatic carbocycles. The Balaban J connectivity index is 0.00000109. The monoisotopic (exact) mass is 494 g/mol. The first-order chi connectivity index (χ1) is 17.5. The van der Waals surface area contributed by atoms with E-state index >= 15 is 0 Å². The van der Waals surface area contributed by atoms with Crippen LogP contribution in [-0.4, -0.2) is 73.7 Å². The van der Waals surface area contributed by atoms with Gasteiger partial charge in [-0.2, -0.15) is 5.26 Å². The van der Waals surface area contributed by atoms with E-state index in [1.165, 1.54) is 0 Å². The summed E-state index contributed by atoms with van der Waals surface area (Å²) in [5, 5.41) is 16.9. The summed E-state index contributed by atoms with van der Waals surface area (Å²) in [4.78, 5) is 32.5. The fraction of sp³-hybridized carbons (Fsp3) is 0.500. The SMILES string of the molecule is CC.CO.COCCC(=O)N1CCN(c2nc(C3CC3)c(-c3ccc(C=O)cc3)cc2C#N)CC1C. The van der Waals surface area contributed by atoms with Crippen LogP contribution in [0.4, 0.5) is 5.82 Å². The van der Waals surface area contributed by atoms with Crippen molar-refractivity contribution >= 4 is 18.0 Å². The number of rotatable bonds is 7. The van der Waals surface area contributed by atoms with Gasteiger partial charge < -0.3 is 19.6 Å². The summed E-state index contributed by atoms with van der Waals surface area (Å²) in [6.45, 7) is 8.34. The molecule has 1 saturated carbocycles. The van der Waals surface area contributed by atoms with Crippen molar-refractivity contribution in [3.8, 4) is 17.2 Å². The number of hydrogen-bond acceptors (Lipinski definition) is 7. The zero-order valence-electron chi connectivity index (χ0n) is 22.0. The van der Waals surface area contributed by atoms with Gasteiger partial charge >= 0.3 is 0 Å². The van der Waals surface area contributed by atoms with E-state index in [0.29, 0.717) is 55.5 Å². The zero-order valence-corrected chi connectivity index (χ0v) is 22.0. The number of nitrogens with zero attached hydrogens (tertiary/aromatic N) is 4. The van der Waals surface area contributed by atoms with Crippen molar-refractivity contribution in [3.05, 3.63) is 47.2 Å². The van der Waals surface area contributed by atoms with Crippen molar-refractivity contribution in [2.75, 3.05) is 45.4 Å². The highest BCUT2D eigenvalue weighted by Gasteiger charge is 2.33. The molecule has 1 amide bonds. The van der Waals surface area contributed by atoms with Crippen molar-refractivity contribution in [1.82, 2.24) is 9.88 Å². The maximum absolute atomic E-state index is 12.5. The Morgan fingerprint density at radius 2 is 1.89 bits per heavy atom. The molecule has 8 nitrogen and oxygen atoms in total. The number of carbonyl (C=O) groups excluding carboxylic acids is 2. The third-order valence-electron chi connectivity index (χ3n) is 6.24. The minimum atomic E-state index is 0.0291. The van der Waals surface area contributed by atoms with Crippen LogP contribution in [-0.2, 0) is 9.53 Å². The Morgan fingerprint density at radius 3 is 2.42 bits per heavy atom. The average Bonchev–Trinajstić information content (AvgIpc) is 3.79. The van der Waals surface area contributed by atoms with Crippen LogP contribution >= 0.6 is 0 Å². The van der Waals surface area contributed by atoms with Crippen LogP contribution in [0.1, 0.15) is 67.6 Å². The summed E-state index contributed by atoms with van der Waals surface area (Å²) in [6, 6.07) is 11.7. The largest absolute Gasteiger partial charge is 0.400 e. The summed E-state index contributed by atoms with van der Waals surface area (Å²) < 4.78 is 5.04. The van der Waals surface area contributed by atoms with Crippen LogP contribution in [0.2, 0.25) is 0 Å². The Hall–Kier alpha value is -3.28. The standard InChI is InChI=1S/C25H28N4O3.C2H6.CH4O/c1-17-15-28(10-11-29(17)23(31)9-12-32-2)25-21(14-26)13-22(24(27-25)20-7-8-20)19-5-3-18(16-30)4-6-19;2*1-2/h3-6,13,16-17,20H,7-12,15H2,1-2H3;1-2H3;2H,1H3. The first-order valence-electron chi connectivity index (χ1n) is 12.5. The van der Waals surface area contributed by atoms with E-state index in [4.69, 9.17) is 14.8 Å². The number of aliphatic hydroxyl groups is 1. The van der Waals surface area contributed by atoms with Crippen LogP contribution in [0, 0.1) is 11.3 Å². The van der Waals surface area contributed by atoms with Gasteiger partial charge in [0.2, 0.25) is 5.91 Å². The van der Waals surface area contributed by atoms with Gasteiger partial charge in [0.25, 0.3) is 0 Å². The normalized spacial score (nSPS) is 16.6. The lowest BCUT2D eigenvalue weighted by atomic mass is 9.98. The number of aliphatic hydroxyl groups excluding tert-OH is 1. The van der Waals surface area contributed by atoms with Crippen molar-refractivity contribution in [3.63, 3.8) is 0 Å². The predicted octanol–water partition coefficient (Wildman–Crippen LogP) is 4.02. The maximum Gasteiger partial charge on any atom is 0.225 e. The molecule has 4 rings (SSSR count). The number of piperazine rings is 1. The molecule has 2 aromatic rings. The molecule has 36 heavy (non-hydrogen) atoms. The van der Waals surface area contributed by atoms with Crippen molar-refractivity contribution in [2.24, 2.45) is 0 Å². The number of aromatic nitrogens is 1. The van der Waals surface area contributed by atoms with Crippen LogP contribution in [0.5, 0.6) is 0 Å². The van der Waals surface area contributed by atoms with Gasteiger partial charge in [-0.1, -0.05) is 38.1 Å². The van der Waals surface area contributed by atoms with Gasteiger partial charge in [0.1, 0.15) is 18.2 Å². The van der Waals surface area contributed by atoms with E-state index in [9.17, 15) is 14.9 Å². The average molecular weight is 495 g/mol. The van der Waals surface area contributed by atoms with E-state index in [0.717, 1.165) is 43.1 Å². The van der Waals surface area contributed by atoms with Gasteiger partial charge in [-0.25, -0.2) is 4.98 Å². The predicted molar refractivity (Wildman–Crippen MR) is 141 cm³/mol. The van der Waals surface area contributed by atoms with E-state index < -0.39 is 0 Å². The first-order valence-corrected chi connectivity index (χ1v) is 12.5. The lowest BCUT2D eigenvalue weighted by molar-refractivity contribution is -0.134. The molecular weight excluding hydrogens is 456 g/mol. The van der Waals surface area contributed by atoms with Crippen molar-refractivity contribution in [2.45, 2.75) is 52.0 Å². The second-order valence-electron chi connectivity index (χ2n) is 8.54. The molecule has 1 aliphatic heterocycles. The molecular formula is C28H38N4O4. The Labute approximate surface area is 214 Å². The molecule has 194 valence electrons. The summed E-state index contributed by atoms with van der Waals surface area (Å²) in [7, 11) is 2.60. The van der Waals surface area contributed by atoms with Crippen LogP contribution in [0.25, 0.3) is 11.1 Å². The number of carbonyl (C=O) groups is 2. The van der Waals surface area contributed by atoms with Gasteiger partial charge in [0, 0.05) is 56.9 Å². The number of anilines is 1. The number of nitriles is 1. The lowest BCUT2D eigenvalue weighted by Gasteiger charge is -2.41. The molecule has 2 aliphatic rings. The van der Waals surface area contributed by atoms with E-state index in [2.05, 4.69) is 11.0 Å². The second kappa shape index (κ2) is 14.3. The third kappa shape index (κ3) is 6.90. The highest BCUT2D eigenvalue weighted by molar-refractivity contribution is 5.79. The summed E-state index contributed by atoms with van der Waals surface area (Å²) >= 11 is 0. The quantitative estimate of drug-likeness (QED) is 0.580. The lowest BCUT2D eigenvalue weighted by Crippen LogP contribution is -2.54. The number of methoxy groups -OCH3 is 1. The van der Waals surface area contributed by atoms with Crippen LogP contribution < -0.4 is 4.90 Å². The topological polar surface area (TPSA) is 107 Å². The minimum Gasteiger partial charge on any atom is -0.400 e. The maximum atomic E-state index is 12.5. The van der Waals surface area contributed by atoms with Crippen molar-refractivity contribution in [1.29, 1.82) is 5.26 Å². The first kappa shape index (κ1) is 29.0. The van der Waals surface area contributed by atoms with Gasteiger partial charge in [0.05, 0.1) is 24.3 Å². The smallest absolute Gasteiger partial charge is 0.225 e.